The molecule has 0 aliphatic heterocycles. The van der Waals surface area contributed by atoms with E-state index in [1.54, 1.807) is 42.5 Å². The van der Waals surface area contributed by atoms with Crippen LogP contribution in [0.25, 0.3) is 21.8 Å². The van der Waals surface area contributed by atoms with E-state index in [4.69, 9.17) is 0 Å². The summed E-state index contributed by atoms with van der Waals surface area (Å²) in [5.41, 5.74) is 5.87. The molecule has 0 unspecified atom stereocenters. The molecule has 0 atom stereocenters. The fourth-order valence-electron chi connectivity index (χ4n) is 2.85. The van der Waals surface area contributed by atoms with Crippen molar-refractivity contribution in [1.29, 1.82) is 0 Å². The minimum absolute atomic E-state index is 0.160. The molecule has 0 saturated carbocycles. The minimum Gasteiger partial charge on any atom is -0.287 e. The molecule has 4 rings (SSSR count). The first-order chi connectivity index (χ1) is 13.6. The van der Waals surface area contributed by atoms with Gasteiger partial charge in [0.2, 0.25) is 5.43 Å². The molecule has 0 spiro atoms. The summed E-state index contributed by atoms with van der Waals surface area (Å²) in [6.07, 6.45) is 1.16. The highest BCUT2D eigenvalue weighted by molar-refractivity contribution is 5.96. The standard InChI is InChI=1S/C20H15N5O3/c26-18-11-21-25(17-8-4-2-6-14(17)18)12-19(27)23-24-20(28)16-10-9-13-5-1-3-7-15(13)22-16/h1-11H,12H2,(H,23,27)(H,24,28). The smallest absolute Gasteiger partial charge is 0.287 e. The van der Waals surface area contributed by atoms with E-state index < -0.39 is 11.8 Å². The van der Waals surface area contributed by atoms with E-state index in [1.165, 1.54) is 4.68 Å². The van der Waals surface area contributed by atoms with Crippen molar-refractivity contribution in [1.82, 2.24) is 25.6 Å². The molecule has 8 nitrogen and oxygen atoms in total. The number of benzene rings is 2. The number of nitrogens with one attached hydrogen (secondary N) is 2. The van der Waals surface area contributed by atoms with Gasteiger partial charge in [-0.1, -0.05) is 36.4 Å². The Hall–Kier alpha value is -4.07. The van der Waals surface area contributed by atoms with Crippen molar-refractivity contribution in [3.63, 3.8) is 0 Å². The van der Waals surface area contributed by atoms with Crippen molar-refractivity contribution in [3.8, 4) is 0 Å². The summed E-state index contributed by atoms with van der Waals surface area (Å²) in [6.45, 7) is -0.160. The van der Waals surface area contributed by atoms with Gasteiger partial charge in [-0.15, -0.1) is 0 Å². The predicted octanol–water partition coefficient (Wildman–Crippen LogP) is 1.41. The Balaban J connectivity index is 1.45. The Morgan fingerprint density at radius 1 is 0.929 bits per heavy atom. The maximum atomic E-state index is 12.3. The van der Waals surface area contributed by atoms with E-state index in [-0.39, 0.29) is 17.7 Å². The molecule has 2 N–H and O–H groups in total. The van der Waals surface area contributed by atoms with Crippen LogP contribution in [0.5, 0.6) is 0 Å². The van der Waals surface area contributed by atoms with Crippen LogP contribution in [-0.4, -0.2) is 26.6 Å². The summed E-state index contributed by atoms with van der Waals surface area (Å²) >= 11 is 0. The Labute approximate surface area is 158 Å². The number of hydrogen-bond donors (Lipinski definition) is 2. The van der Waals surface area contributed by atoms with Crippen molar-refractivity contribution in [2.75, 3.05) is 0 Å². The lowest BCUT2D eigenvalue weighted by atomic mass is 10.2. The second-order valence-corrected chi connectivity index (χ2v) is 6.08. The van der Waals surface area contributed by atoms with Gasteiger partial charge in [0.15, 0.2) is 0 Å². The van der Waals surface area contributed by atoms with Crippen molar-refractivity contribution in [2.24, 2.45) is 0 Å². The molecule has 0 aliphatic carbocycles. The molecule has 2 aromatic heterocycles. The van der Waals surface area contributed by atoms with Gasteiger partial charge in [0, 0.05) is 10.8 Å². The van der Waals surface area contributed by atoms with Gasteiger partial charge < -0.3 is 0 Å². The highest BCUT2D eigenvalue weighted by atomic mass is 16.2. The minimum atomic E-state index is -0.531. The highest BCUT2D eigenvalue weighted by Crippen LogP contribution is 2.11. The third kappa shape index (κ3) is 3.43. The first-order valence-electron chi connectivity index (χ1n) is 8.52. The summed E-state index contributed by atoms with van der Waals surface area (Å²) < 4.78 is 1.40. The number of rotatable bonds is 3. The molecule has 138 valence electrons. The van der Waals surface area contributed by atoms with E-state index in [1.807, 2.05) is 18.2 Å². The van der Waals surface area contributed by atoms with E-state index >= 15 is 0 Å². The lowest BCUT2D eigenvalue weighted by Gasteiger charge is -2.10. The Kier molecular flexibility index (Phi) is 4.51. The summed E-state index contributed by atoms with van der Waals surface area (Å²) in [4.78, 5) is 40.6. The second-order valence-electron chi connectivity index (χ2n) is 6.08. The molecule has 0 bridgehead atoms. The third-order valence-electron chi connectivity index (χ3n) is 4.20. The fraction of sp³-hybridized carbons (Fsp3) is 0.0500. The fourth-order valence-corrected chi connectivity index (χ4v) is 2.85. The number of aromatic nitrogens is 3. The monoisotopic (exact) mass is 373 g/mol. The zero-order chi connectivity index (χ0) is 19.5. The molecule has 0 aliphatic rings. The zero-order valence-electron chi connectivity index (χ0n) is 14.6. The van der Waals surface area contributed by atoms with Crippen LogP contribution in [0, 0.1) is 0 Å². The summed E-state index contributed by atoms with van der Waals surface area (Å²) in [6, 6.07) is 17.7. The Morgan fingerprint density at radius 2 is 1.71 bits per heavy atom. The average molecular weight is 373 g/mol. The number of carbonyl (C=O) groups excluding carboxylic acids is 2. The Bertz CT molecular complexity index is 1270. The van der Waals surface area contributed by atoms with E-state index in [2.05, 4.69) is 20.9 Å². The van der Waals surface area contributed by atoms with Gasteiger partial charge in [-0.25, -0.2) is 4.98 Å². The number of pyridine rings is 1. The van der Waals surface area contributed by atoms with Crippen LogP contribution in [0.1, 0.15) is 10.5 Å². The van der Waals surface area contributed by atoms with Gasteiger partial charge in [0.25, 0.3) is 11.8 Å². The molecule has 0 radical (unpaired) electrons. The number of fused-ring (bicyclic) bond motifs is 2. The van der Waals surface area contributed by atoms with Crippen LogP contribution in [0.4, 0.5) is 0 Å². The van der Waals surface area contributed by atoms with Gasteiger partial charge in [-0.3, -0.25) is 29.9 Å². The van der Waals surface area contributed by atoms with Gasteiger partial charge in [-0.05, 0) is 24.3 Å². The maximum absolute atomic E-state index is 12.3. The van der Waals surface area contributed by atoms with E-state index in [0.717, 1.165) is 11.6 Å². The molecule has 28 heavy (non-hydrogen) atoms. The lowest BCUT2D eigenvalue weighted by Crippen LogP contribution is -2.43. The summed E-state index contributed by atoms with van der Waals surface area (Å²) in [7, 11) is 0. The average Bonchev–Trinajstić information content (AvgIpc) is 2.74. The van der Waals surface area contributed by atoms with Crippen molar-refractivity contribution >= 4 is 33.6 Å². The maximum Gasteiger partial charge on any atom is 0.288 e. The van der Waals surface area contributed by atoms with Gasteiger partial charge in [0.1, 0.15) is 12.2 Å². The van der Waals surface area contributed by atoms with Crippen molar-refractivity contribution in [2.45, 2.75) is 6.54 Å². The lowest BCUT2D eigenvalue weighted by molar-refractivity contribution is -0.122. The number of hydrazine groups is 1. The first-order valence-corrected chi connectivity index (χ1v) is 8.52. The van der Waals surface area contributed by atoms with Crippen LogP contribution >= 0.6 is 0 Å². The normalized spacial score (nSPS) is 10.7. The highest BCUT2D eigenvalue weighted by Gasteiger charge is 2.11. The van der Waals surface area contributed by atoms with Crippen LogP contribution < -0.4 is 16.3 Å². The van der Waals surface area contributed by atoms with Gasteiger partial charge in [-0.2, -0.15) is 5.10 Å². The van der Waals surface area contributed by atoms with Crippen LogP contribution in [0.15, 0.2) is 71.7 Å². The largest absolute Gasteiger partial charge is 0.288 e. The Morgan fingerprint density at radius 3 is 2.61 bits per heavy atom. The predicted molar refractivity (Wildman–Crippen MR) is 103 cm³/mol. The topological polar surface area (TPSA) is 106 Å². The molecule has 8 heteroatoms. The van der Waals surface area contributed by atoms with Crippen molar-refractivity contribution in [3.05, 3.63) is 82.8 Å². The third-order valence-corrected chi connectivity index (χ3v) is 4.20. The molecular weight excluding hydrogens is 358 g/mol. The van der Waals surface area contributed by atoms with E-state index in [9.17, 15) is 14.4 Å². The van der Waals surface area contributed by atoms with Gasteiger partial charge in [0.05, 0.1) is 17.2 Å². The van der Waals surface area contributed by atoms with E-state index in [0.29, 0.717) is 16.4 Å². The molecule has 0 saturated heterocycles. The molecule has 0 fully saturated rings. The molecule has 2 amide bonds. The number of para-hydroxylation sites is 2. The number of amides is 2. The molecule has 2 heterocycles. The number of hydrogen-bond acceptors (Lipinski definition) is 5. The number of carbonyl (C=O) groups is 2. The molecule has 4 aromatic rings. The number of nitrogens with zero attached hydrogens (tertiary/aromatic N) is 3. The molecule has 2 aromatic carbocycles. The summed E-state index contributed by atoms with van der Waals surface area (Å²) in [5, 5.41) is 5.37. The van der Waals surface area contributed by atoms with Crippen LogP contribution in [0.3, 0.4) is 0 Å². The SMILES string of the molecule is O=C(Cn1ncc(=O)c2ccccc21)NNC(=O)c1ccc2ccccc2n1. The van der Waals surface area contributed by atoms with Crippen LogP contribution in [-0.2, 0) is 11.3 Å². The van der Waals surface area contributed by atoms with Gasteiger partial charge >= 0.3 is 0 Å². The van der Waals surface area contributed by atoms with Crippen molar-refractivity contribution < 1.29 is 9.59 Å². The zero-order valence-corrected chi connectivity index (χ0v) is 14.6. The van der Waals surface area contributed by atoms with Crippen LogP contribution in [0.2, 0.25) is 0 Å². The molecular formula is C20H15N5O3. The summed E-state index contributed by atoms with van der Waals surface area (Å²) in [5.74, 6) is -1.02. The quantitative estimate of drug-likeness (QED) is 0.528. The second kappa shape index (κ2) is 7.28. The first kappa shape index (κ1) is 17.3.